The van der Waals surface area contributed by atoms with Crippen LogP contribution in [-0.2, 0) is 0 Å². The average molecular weight is 244 g/mol. The summed E-state index contributed by atoms with van der Waals surface area (Å²) in [6.07, 6.45) is -0.603. The van der Waals surface area contributed by atoms with Crippen molar-refractivity contribution in [2.24, 2.45) is 5.73 Å². The van der Waals surface area contributed by atoms with Gasteiger partial charge in [0.2, 0.25) is 0 Å². The molecule has 0 aliphatic rings. The van der Waals surface area contributed by atoms with Crippen LogP contribution in [0.4, 0.5) is 0 Å². The van der Waals surface area contributed by atoms with Gasteiger partial charge in [-0.15, -0.1) is 0 Å². The third-order valence-corrected chi connectivity index (χ3v) is 2.69. The Morgan fingerprint density at radius 2 is 2.08 bits per heavy atom. The minimum atomic E-state index is -0.603. The van der Waals surface area contributed by atoms with E-state index in [0.717, 1.165) is 15.6 Å². The van der Waals surface area contributed by atoms with Gasteiger partial charge in [0.05, 0.1) is 6.10 Å². The van der Waals surface area contributed by atoms with E-state index in [0.29, 0.717) is 0 Å². The third kappa shape index (κ3) is 2.53. The summed E-state index contributed by atoms with van der Waals surface area (Å²) in [5, 5.41) is 9.75. The molecule has 0 spiro atoms. The second-order valence-corrected chi connectivity index (χ2v) is 4.18. The van der Waals surface area contributed by atoms with Gasteiger partial charge in [-0.25, -0.2) is 0 Å². The molecule has 3 N–H and O–H groups in total. The van der Waals surface area contributed by atoms with Crippen LogP contribution in [0.5, 0.6) is 0 Å². The molecule has 0 saturated carbocycles. The Labute approximate surface area is 86.9 Å². The summed E-state index contributed by atoms with van der Waals surface area (Å²) in [4.78, 5) is 0. The first-order valence-corrected chi connectivity index (χ1v) is 5.01. The van der Waals surface area contributed by atoms with Gasteiger partial charge in [-0.3, -0.25) is 0 Å². The smallest absolute Gasteiger partial charge is 0.0949 e. The first-order valence-electron chi connectivity index (χ1n) is 4.22. The van der Waals surface area contributed by atoms with Gasteiger partial charge < -0.3 is 10.8 Å². The van der Waals surface area contributed by atoms with Gasteiger partial charge >= 0.3 is 0 Å². The molecule has 0 aromatic heterocycles. The summed E-state index contributed by atoms with van der Waals surface area (Å²) in [7, 11) is 0. The van der Waals surface area contributed by atoms with E-state index in [2.05, 4.69) is 15.9 Å². The molecule has 0 bridgehead atoms. The molecule has 2 nitrogen and oxygen atoms in total. The molecule has 0 fully saturated rings. The van der Waals surface area contributed by atoms with Crippen LogP contribution in [0.1, 0.15) is 24.2 Å². The summed E-state index contributed by atoms with van der Waals surface area (Å²) in [6.45, 7) is 3.78. The molecule has 13 heavy (non-hydrogen) atoms. The van der Waals surface area contributed by atoms with Crippen molar-refractivity contribution in [3.05, 3.63) is 33.8 Å². The van der Waals surface area contributed by atoms with Gasteiger partial charge in [0, 0.05) is 10.5 Å². The van der Waals surface area contributed by atoms with Crippen molar-refractivity contribution < 1.29 is 5.11 Å². The molecule has 0 heterocycles. The third-order valence-electron chi connectivity index (χ3n) is 1.97. The highest BCUT2D eigenvalue weighted by Gasteiger charge is 2.15. The Balaban J connectivity index is 3.05. The maximum absolute atomic E-state index is 9.75. The summed E-state index contributed by atoms with van der Waals surface area (Å²) < 4.78 is 0.905. The quantitative estimate of drug-likeness (QED) is 0.837. The second kappa shape index (κ2) is 4.22. The van der Waals surface area contributed by atoms with E-state index in [-0.39, 0.29) is 6.04 Å². The summed E-state index contributed by atoms with van der Waals surface area (Å²) in [6, 6.07) is 5.61. The molecule has 2 unspecified atom stereocenters. The molecule has 2 atom stereocenters. The predicted molar refractivity (Wildman–Crippen MR) is 57.5 cm³/mol. The van der Waals surface area contributed by atoms with E-state index in [1.807, 2.05) is 25.1 Å². The fourth-order valence-corrected chi connectivity index (χ4v) is 1.65. The Morgan fingerprint density at radius 1 is 1.46 bits per heavy atom. The number of aryl methyl sites for hydroxylation is 1. The standard InChI is InChI=1S/C10H14BrNO/c1-6-3-4-9(11)8(5-6)10(13)7(2)12/h3-5,7,10,13H,12H2,1-2H3. The van der Waals surface area contributed by atoms with Gasteiger partial charge in [-0.2, -0.15) is 0 Å². The monoisotopic (exact) mass is 243 g/mol. The highest BCUT2D eigenvalue weighted by molar-refractivity contribution is 9.10. The van der Waals surface area contributed by atoms with Crippen LogP contribution in [0.25, 0.3) is 0 Å². The van der Waals surface area contributed by atoms with E-state index in [9.17, 15) is 5.11 Å². The lowest BCUT2D eigenvalue weighted by molar-refractivity contribution is 0.152. The van der Waals surface area contributed by atoms with Crippen molar-refractivity contribution in [2.75, 3.05) is 0 Å². The number of hydrogen-bond donors (Lipinski definition) is 2. The fraction of sp³-hybridized carbons (Fsp3) is 0.400. The van der Waals surface area contributed by atoms with E-state index in [1.165, 1.54) is 0 Å². The maximum atomic E-state index is 9.75. The minimum absolute atomic E-state index is 0.252. The van der Waals surface area contributed by atoms with Gasteiger partial charge in [0.15, 0.2) is 0 Å². The van der Waals surface area contributed by atoms with Crippen molar-refractivity contribution in [2.45, 2.75) is 26.0 Å². The van der Waals surface area contributed by atoms with Crippen LogP contribution >= 0.6 is 15.9 Å². The Kier molecular flexibility index (Phi) is 3.47. The number of halogens is 1. The molecular weight excluding hydrogens is 230 g/mol. The Morgan fingerprint density at radius 3 is 2.62 bits per heavy atom. The largest absolute Gasteiger partial charge is 0.387 e. The molecule has 0 saturated heterocycles. The zero-order valence-electron chi connectivity index (χ0n) is 7.79. The fourth-order valence-electron chi connectivity index (χ4n) is 1.17. The van der Waals surface area contributed by atoms with Crippen LogP contribution in [0.3, 0.4) is 0 Å². The molecule has 1 aromatic carbocycles. The van der Waals surface area contributed by atoms with Crippen molar-refractivity contribution >= 4 is 15.9 Å². The van der Waals surface area contributed by atoms with Crippen molar-refractivity contribution in [3.8, 4) is 0 Å². The van der Waals surface area contributed by atoms with Crippen LogP contribution in [0.15, 0.2) is 22.7 Å². The normalized spacial score (nSPS) is 15.5. The number of benzene rings is 1. The lowest BCUT2D eigenvalue weighted by Crippen LogP contribution is -2.24. The van der Waals surface area contributed by atoms with Crippen molar-refractivity contribution in [3.63, 3.8) is 0 Å². The van der Waals surface area contributed by atoms with Crippen LogP contribution in [0, 0.1) is 6.92 Å². The van der Waals surface area contributed by atoms with Gasteiger partial charge in [0.25, 0.3) is 0 Å². The number of hydrogen-bond acceptors (Lipinski definition) is 2. The maximum Gasteiger partial charge on any atom is 0.0949 e. The lowest BCUT2D eigenvalue weighted by atomic mass is 10.0. The zero-order valence-corrected chi connectivity index (χ0v) is 9.38. The molecule has 3 heteroatoms. The first kappa shape index (κ1) is 10.7. The number of nitrogens with two attached hydrogens (primary N) is 1. The molecule has 0 radical (unpaired) electrons. The van der Waals surface area contributed by atoms with Gasteiger partial charge in [-0.05, 0) is 25.5 Å². The predicted octanol–water partition coefficient (Wildman–Crippen LogP) is 2.14. The zero-order chi connectivity index (χ0) is 10.0. The van der Waals surface area contributed by atoms with Crippen molar-refractivity contribution in [1.82, 2.24) is 0 Å². The van der Waals surface area contributed by atoms with Crippen molar-refractivity contribution in [1.29, 1.82) is 0 Å². The van der Waals surface area contributed by atoms with E-state index in [1.54, 1.807) is 6.92 Å². The SMILES string of the molecule is Cc1ccc(Br)c(C(O)C(C)N)c1. The molecule has 0 aliphatic heterocycles. The summed E-state index contributed by atoms with van der Waals surface area (Å²) in [5.41, 5.74) is 7.60. The molecule has 0 aliphatic carbocycles. The average Bonchev–Trinajstić information content (AvgIpc) is 2.08. The van der Waals surface area contributed by atoms with Gasteiger partial charge in [0.1, 0.15) is 0 Å². The highest BCUT2D eigenvalue weighted by Crippen LogP contribution is 2.25. The Bertz CT molecular complexity index is 299. The molecule has 1 rings (SSSR count). The molecule has 1 aromatic rings. The van der Waals surface area contributed by atoms with Crippen LogP contribution in [-0.4, -0.2) is 11.1 Å². The van der Waals surface area contributed by atoms with Crippen LogP contribution < -0.4 is 5.73 Å². The number of rotatable bonds is 2. The number of aliphatic hydroxyl groups excluding tert-OH is 1. The summed E-state index contributed by atoms with van der Waals surface area (Å²) in [5.74, 6) is 0. The highest BCUT2D eigenvalue weighted by atomic mass is 79.9. The molecule has 0 amide bonds. The minimum Gasteiger partial charge on any atom is -0.387 e. The van der Waals surface area contributed by atoms with E-state index < -0.39 is 6.10 Å². The first-order chi connectivity index (χ1) is 6.02. The van der Waals surface area contributed by atoms with E-state index in [4.69, 9.17) is 5.73 Å². The Hall–Kier alpha value is -0.380. The van der Waals surface area contributed by atoms with E-state index >= 15 is 0 Å². The van der Waals surface area contributed by atoms with Gasteiger partial charge in [-0.1, -0.05) is 33.6 Å². The lowest BCUT2D eigenvalue weighted by Gasteiger charge is -2.16. The molecule has 72 valence electrons. The topological polar surface area (TPSA) is 46.2 Å². The molecular formula is C10H14BrNO. The van der Waals surface area contributed by atoms with Crippen LogP contribution in [0.2, 0.25) is 0 Å². The number of aliphatic hydroxyl groups is 1. The summed E-state index contributed by atoms with van der Waals surface area (Å²) >= 11 is 3.38. The second-order valence-electron chi connectivity index (χ2n) is 3.33.